The van der Waals surface area contributed by atoms with Gasteiger partial charge in [-0.2, -0.15) is 0 Å². The molecule has 5 heteroatoms. The van der Waals surface area contributed by atoms with Gasteiger partial charge in [-0.15, -0.1) is 0 Å². The fourth-order valence-corrected chi connectivity index (χ4v) is 4.93. The number of nitrogens with one attached hydrogen (secondary N) is 1. The minimum absolute atomic E-state index is 0.0683. The molecule has 104 valence electrons. The van der Waals surface area contributed by atoms with Gasteiger partial charge in [-0.25, -0.2) is 17.5 Å². The smallest absolute Gasteiger partial charge is 0.212 e. The SMILES string of the molecule is O=S(=O)(Cc1ccc(F)cc1)N[C@H]1C[C@H]2CC[C@@H]1C2. The highest BCUT2D eigenvalue weighted by Gasteiger charge is 2.40. The van der Waals surface area contributed by atoms with Crippen LogP contribution in [0.3, 0.4) is 0 Å². The lowest BCUT2D eigenvalue weighted by Crippen LogP contribution is -2.39. The van der Waals surface area contributed by atoms with Crippen molar-refractivity contribution >= 4 is 10.0 Å². The molecule has 3 rings (SSSR count). The molecule has 2 fully saturated rings. The number of sulfonamides is 1. The van der Waals surface area contributed by atoms with Crippen LogP contribution in [0, 0.1) is 17.7 Å². The van der Waals surface area contributed by atoms with E-state index in [2.05, 4.69) is 4.72 Å². The van der Waals surface area contributed by atoms with Gasteiger partial charge in [0.15, 0.2) is 0 Å². The number of hydrogen-bond acceptors (Lipinski definition) is 2. The summed E-state index contributed by atoms with van der Waals surface area (Å²) in [5.41, 5.74) is 0.622. The van der Waals surface area contributed by atoms with E-state index in [-0.39, 0.29) is 17.6 Å². The molecule has 0 heterocycles. The lowest BCUT2D eigenvalue weighted by atomic mass is 9.96. The van der Waals surface area contributed by atoms with Gasteiger partial charge in [-0.1, -0.05) is 18.6 Å². The first-order valence-corrected chi connectivity index (χ1v) is 8.41. The summed E-state index contributed by atoms with van der Waals surface area (Å²) in [6.45, 7) is 0. The van der Waals surface area contributed by atoms with Crippen LogP contribution in [0.15, 0.2) is 24.3 Å². The molecule has 0 saturated heterocycles. The van der Waals surface area contributed by atoms with Crippen LogP contribution in [0.2, 0.25) is 0 Å². The number of benzene rings is 1. The zero-order chi connectivity index (χ0) is 13.5. The van der Waals surface area contributed by atoms with Crippen LogP contribution >= 0.6 is 0 Å². The molecule has 0 radical (unpaired) electrons. The summed E-state index contributed by atoms with van der Waals surface area (Å²) in [5, 5.41) is 0. The van der Waals surface area contributed by atoms with Gasteiger partial charge in [0.25, 0.3) is 0 Å². The molecular weight excluding hydrogens is 265 g/mol. The number of hydrogen-bond donors (Lipinski definition) is 1. The highest BCUT2D eigenvalue weighted by Crippen LogP contribution is 2.44. The maximum absolute atomic E-state index is 12.8. The molecule has 0 unspecified atom stereocenters. The third-order valence-electron chi connectivity index (χ3n) is 4.34. The quantitative estimate of drug-likeness (QED) is 0.922. The van der Waals surface area contributed by atoms with Gasteiger partial charge in [0.1, 0.15) is 5.82 Å². The topological polar surface area (TPSA) is 46.2 Å². The Bertz CT molecular complexity index is 555. The second kappa shape index (κ2) is 4.87. The first-order valence-electron chi connectivity index (χ1n) is 6.76. The van der Waals surface area contributed by atoms with E-state index in [1.165, 1.54) is 37.1 Å². The van der Waals surface area contributed by atoms with E-state index < -0.39 is 10.0 Å². The van der Waals surface area contributed by atoms with Crippen LogP contribution in [0.1, 0.15) is 31.2 Å². The molecule has 0 aromatic heterocycles. The van der Waals surface area contributed by atoms with Crippen LogP contribution in [-0.4, -0.2) is 14.5 Å². The van der Waals surface area contributed by atoms with Crippen molar-refractivity contribution in [2.24, 2.45) is 11.8 Å². The van der Waals surface area contributed by atoms with Crippen LogP contribution in [-0.2, 0) is 15.8 Å². The Morgan fingerprint density at radius 3 is 2.47 bits per heavy atom. The minimum Gasteiger partial charge on any atom is -0.212 e. The predicted molar refractivity (Wildman–Crippen MR) is 71.4 cm³/mol. The Kier molecular flexibility index (Phi) is 3.35. The summed E-state index contributed by atoms with van der Waals surface area (Å²) < 4.78 is 39.8. The van der Waals surface area contributed by atoms with Crippen LogP contribution < -0.4 is 4.72 Å². The summed E-state index contributed by atoms with van der Waals surface area (Å²) >= 11 is 0. The van der Waals surface area contributed by atoms with E-state index in [9.17, 15) is 12.8 Å². The Balaban J connectivity index is 1.64. The van der Waals surface area contributed by atoms with Crippen molar-refractivity contribution in [3.05, 3.63) is 35.6 Å². The first-order chi connectivity index (χ1) is 9.02. The fourth-order valence-electron chi connectivity index (χ4n) is 3.46. The van der Waals surface area contributed by atoms with E-state index in [0.29, 0.717) is 17.4 Å². The highest BCUT2D eigenvalue weighted by molar-refractivity contribution is 7.88. The number of rotatable bonds is 4. The zero-order valence-corrected chi connectivity index (χ0v) is 11.5. The van der Waals surface area contributed by atoms with Crippen molar-refractivity contribution in [1.29, 1.82) is 0 Å². The van der Waals surface area contributed by atoms with E-state index in [0.717, 1.165) is 12.8 Å². The molecule has 2 aliphatic carbocycles. The van der Waals surface area contributed by atoms with Crippen molar-refractivity contribution < 1.29 is 12.8 Å². The summed E-state index contributed by atoms with van der Waals surface area (Å²) in [6, 6.07) is 5.75. The van der Waals surface area contributed by atoms with Gasteiger partial charge < -0.3 is 0 Å². The Morgan fingerprint density at radius 2 is 1.89 bits per heavy atom. The first kappa shape index (κ1) is 13.1. The zero-order valence-electron chi connectivity index (χ0n) is 10.7. The Labute approximate surface area is 113 Å². The average Bonchev–Trinajstić information content (AvgIpc) is 2.93. The lowest BCUT2D eigenvalue weighted by Gasteiger charge is -2.22. The third kappa shape index (κ3) is 2.98. The number of halogens is 1. The predicted octanol–water partition coefficient (Wildman–Crippen LogP) is 2.43. The Morgan fingerprint density at radius 1 is 1.16 bits per heavy atom. The Hall–Kier alpha value is -0.940. The molecule has 2 aliphatic rings. The summed E-state index contributed by atoms with van der Waals surface area (Å²) in [7, 11) is -3.33. The maximum Gasteiger partial charge on any atom is 0.216 e. The molecule has 3 atom stereocenters. The van der Waals surface area contributed by atoms with E-state index in [1.807, 2.05) is 0 Å². The molecule has 19 heavy (non-hydrogen) atoms. The van der Waals surface area contributed by atoms with Gasteiger partial charge in [-0.3, -0.25) is 0 Å². The minimum atomic E-state index is -3.33. The molecule has 0 amide bonds. The van der Waals surface area contributed by atoms with Gasteiger partial charge in [0.2, 0.25) is 10.0 Å². The van der Waals surface area contributed by atoms with Crippen LogP contribution in [0.4, 0.5) is 4.39 Å². The van der Waals surface area contributed by atoms with Crippen molar-refractivity contribution in [1.82, 2.24) is 4.72 Å². The van der Waals surface area contributed by atoms with E-state index >= 15 is 0 Å². The second-order valence-electron chi connectivity index (χ2n) is 5.78. The maximum atomic E-state index is 12.8. The van der Waals surface area contributed by atoms with Gasteiger partial charge in [0, 0.05) is 6.04 Å². The molecule has 2 saturated carbocycles. The van der Waals surface area contributed by atoms with Crippen LogP contribution in [0.5, 0.6) is 0 Å². The van der Waals surface area contributed by atoms with Gasteiger partial charge >= 0.3 is 0 Å². The molecule has 0 aliphatic heterocycles. The van der Waals surface area contributed by atoms with Crippen LogP contribution in [0.25, 0.3) is 0 Å². The van der Waals surface area contributed by atoms with Crippen molar-refractivity contribution in [3.8, 4) is 0 Å². The summed E-state index contributed by atoms with van der Waals surface area (Å²) in [4.78, 5) is 0. The monoisotopic (exact) mass is 283 g/mol. The standard InChI is InChI=1S/C14H18FNO2S/c15-13-5-2-10(3-6-13)9-19(17,18)16-14-8-11-1-4-12(14)7-11/h2-3,5-6,11-12,14,16H,1,4,7-9H2/t11-,12+,14-/m0/s1. The highest BCUT2D eigenvalue weighted by atomic mass is 32.2. The summed E-state index contributed by atoms with van der Waals surface area (Å²) in [5.74, 6) is 0.819. The number of fused-ring (bicyclic) bond motifs is 2. The lowest BCUT2D eigenvalue weighted by molar-refractivity contribution is 0.390. The normalized spacial score (nSPS) is 29.8. The molecule has 1 aromatic carbocycles. The fraction of sp³-hybridized carbons (Fsp3) is 0.571. The largest absolute Gasteiger partial charge is 0.216 e. The van der Waals surface area contributed by atoms with Crippen molar-refractivity contribution in [2.75, 3.05) is 0 Å². The molecule has 0 spiro atoms. The third-order valence-corrected chi connectivity index (χ3v) is 5.71. The molecule has 3 nitrogen and oxygen atoms in total. The van der Waals surface area contributed by atoms with E-state index in [1.54, 1.807) is 0 Å². The van der Waals surface area contributed by atoms with Gasteiger partial charge in [-0.05, 0) is 48.8 Å². The van der Waals surface area contributed by atoms with Crippen molar-refractivity contribution in [2.45, 2.75) is 37.5 Å². The molecule has 1 aromatic rings. The van der Waals surface area contributed by atoms with Crippen molar-refractivity contribution in [3.63, 3.8) is 0 Å². The van der Waals surface area contributed by atoms with E-state index in [4.69, 9.17) is 0 Å². The molecule has 1 N–H and O–H groups in total. The molecule has 2 bridgehead atoms. The average molecular weight is 283 g/mol. The second-order valence-corrected chi connectivity index (χ2v) is 7.54. The summed E-state index contributed by atoms with van der Waals surface area (Å²) in [6.07, 6.45) is 4.55. The molecular formula is C14H18FNO2S. The van der Waals surface area contributed by atoms with Gasteiger partial charge in [0.05, 0.1) is 5.75 Å².